The monoisotopic (exact) mass is 392 g/mol. The van der Waals surface area contributed by atoms with Crippen LogP contribution in [0.1, 0.15) is 25.1 Å². The van der Waals surface area contributed by atoms with Crippen molar-refractivity contribution in [3.05, 3.63) is 52.1 Å². The molecule has 0 radical (unpaired) electrons. The Kier molecular flexibility index (Phi) is 4.06. The van der Waals surface area contributed by atoms with Gasteiger partial charge in [-0.1, -0.05) is 13.8 Å². The predicted molar refractivity (Wildman–Crippen MR) is 108 cm³/mol. The minimum atomic E-state index is -0.455. The van der Waals surface area contributed by atoms with Gasteiger partial charge in [0.1, 0.15) is 11.3 Å². The van der Waals surface area contributed by atoms with Crippen LogP contribution >= 0.6 is 0 Å². The van der Waals surface area contributed by atoms with Crippen LogP contribution in [0.5, 0.6) is 11.5 Å². The molecule has 0 atom stereocenters. The highest BCUT2D eigenvalue weighted by molar-refractivity contribution is 5.97. The summed E-state index contributed by atoms with van der Waals surface area (Å²) in [5.41, 5.74) is 3.17. The van der Waals surface area contributed by atoms with Gasteiger partial charge in [-0.3, -0.25) is 4.98 Å². The molecular weight excluding hydrogens is 372 g/mol. The van der Waals surface area contributed by atoms with Gasteiger partial charge in [0, 0.05) is 47.3 Å². The van der Waals surface area contributed by atoms with Crippen molar-refractivity contribution in [3.63, 3.8) is 0 Å². The molecular formula is C22H20N2O5. The lowest BCUT2D eigenvalue weighted by molar-refractivity contribution is 0.174. The van der Waals surface area contributed by atoms with Crippen LogP contribution in [0.2, 0.25) is 0 Å². The molecule has 0 spiro atoms. The maximum absolute atomic E-state index is 12.2. The van der Waals surface area contributed by atoms with Crippen molar-refractivity contribution >= 4 is 21.9 Å². The summed E-state index contributed by atoms with van der Waals surface area (Å²) in [7, 11) is 0. The van der Waals surface area contributed by atoms with Gasteiger partial charge >= 0.3 is 5.63 Å². The second kappa shape index (κ2) is 6.63. The standard InChI is InChI=1S/C22H20N2O5/c1-11(2)23-8-13-9-24-12(3)22-14(13)4-17(29-22)16-6-21(25)28-18-7-20-19(5-15(16)18)26-10-27-20/h4-7,9,11,23H,8,10H2,1-3H3. The van der Waals surface area contributed by atoms with Gasteiger partial charge in [-0.15, -0.1) is 0 Å². The van der Waals surface area contributed by atoms with Crippen molar-refractivity contribution < 1.29 is 18.3 Å². The number of aryl methyl sites for hydroxylation is 1. The summed E-state index contributed by atoms with van der Waals surface area (Å²) in [6, 6.07) is 7.24. The average molecular weight is 392 g/mol. The lowest BCUT2D eigenvalue weighted by Gasteiger charge is -2.08. The summed E-state index contributed by atoms with van der Waals surface area (Å²) >= 11 is 0. The number of benzene rings is 1. The minimum Gasteiger partial charge on any atom is -0.454 e. The van der Waals surface area contributed by atoms with Crippen LogP contribution in [-0.2, 0) is 6.54 Å². The number of nitrogens with zero attached hydrogens (tertiary/aromatic N) is 1. The third kappa shape index (κ3) is 3.03. The Morgan fingerprint density at radius 2 is 1.86 bits per heavy atom. The molecule has 1 aliphatic heterocycles. The lowest BCUT2D eigenvalue weighted by atomic mass is 10.1. The molecule has 1 aliphatic rings. The van der Waals surface area contributed by atoms with Crippen molar-refractivity contribution in [1.29, 1.82) is 0 Å². The van der Waals surface area contributed by atoms with Crippen LogP contribution in [0.25, 0.3) is 33.3 Å². The molecule has 1 N–H and O–H groups in total. The van der Waals surface area contributed by atoms with E-state index >= 15 is 0 Å². The van der Waals surface area contributed by atoms with Crippen LogP contribution in [0.4, 0.5) is 0 Å². The number of rotatable bonds is 4. The van der Waals surface area contributed by atoms with Crippen molar-refractivity contribution in [2.75, 3.05) is 6.79 Å². The Balaban J connectivity index is 1.71. The largest absolute Gasteiger partial charge is 0.454 e. The van der Waals surface area contributed by atoms with E-state index in [0.717, 1.165) is 22.0 Å². The van der Waals surface area contributed by atoms with Crippen molar-refractivity contribution in [2.45, 2.75) is 33.4 Å². The number of ether oxygens (including phenoxy) is 2. The Morgan fingerprint density at radius 1 is 1.07 bits per heavy atom. The van der Waals surface area contributed by atoms with E-state index in [1.54, 1.807) is 6.07 Å². The number of hydrogen-bond acceptors (Lipinski definition) is 7. The fourth-order valence-electron chi connectivity index (χ4n) is 3.54. The molecule has 0 saturated carbocycles. The fourth-order valence-corrected chi connectivity index (χ4v) is 3.54. The lowest BCUT2D eigenvalue weighted by Crippen LogP contribution is -2.22. The van der Waals surface area contributed by atoms with Gasteiger partial charge in [-0.25, -0.2) is 4.79 Å². The molecule has 3 aromatic heterocycles. The van der Waals surface area contributed by atoms with E-state index < -0.39 is 5.63 Å². The van der Waals surface area contributed by atoms with E-state index in [9.17, 15) is 4.79 Å². The van der Waals surface area contributed by atoms with Gasteiger partial charge in [0.2, 0.25) is 6.79 Å². The summed E-state index contributed by atoms with van der Waals surface area (Å²) in [5.74, 6) is 1.76. The first-order valence-corrected chi connectivity index (χ1v) is 9.49. The van der Waals surface area contributed by atoms with Gasteiger partial charge < -0.3 is 23.6 Å². The third-order valence-corrected chi connectivity index (χ3v) is 5.02. The van der Waals surface area contributed by atoms with Crippen LogP contribution in [0.3, 0.4) is 0 Å². The molecule has 0 aliphatic carbocycles. The number of pyridine rings is 1. The van der Waals surface area contributed by atoms with Gasteiger partial charge in [-0.05, 0) is 24.6 Å². The summed E-state index contributed by atoms with van der Waals surface area (Å²) in [4.78, 5) is 16.7. The molecule has 1 aromatic carbocycles. The molecule has 0 fully saturated rings. The molecule has 148 valence electrons. The highest BCUT2D eigenvalue weighted by Crippen LogP contribution is 2.40. The Labute approximate surface area is 166 Å². The fraction of sp³-hybridized carbons (Fsp3) is 0.273. The number of aromatic nitrogens is 1. The molecule has 29 heavy (non-hydrogen) atoms. The molecule has 0 unspecified atom stereocenters. The van der Waals surface area contributed by atoms with Crippen molar-refractivity contribution in [2.24, 2.45) is 0 Å². The maximum Gasteiger partial charge on any atom is 0.336 e. The molecule has 0 amide bonds. The maximum atomic E-state index is 12.2. The molecule has 0 bridgehead atoms. The summed E-state index contributed by atoms with van der Waals surface area (Å²) < 4.78 is 22.4. The SMILES string of the molecule is Cc1ncc(CNC(C)C)c2cc(-c3cc(=O)oc4cc5c(cc34)OCO5)oc12. The first-order valence-electron chi connectivity index (χ1n) is 9.49. The second-order valence-corrected chi connectivity index (χ2v) is 7.44. The second-order valence-electron chi connectivity index (χ2n) is 7.44. The van der Waals surface area contributed by atoms with E-state index in [1.165, 1.54) is 6.07 Å². The molecule has 0 saturated heterocycles. The van der Waals surface area contributed by atoms with Gasteiger partial charge in [0.15, 0.2) is 17.1 Å². The van der Waals surface area contributed by atoms with E-state index in [1.807, 2.05) is 25.3 Å². The first-order chi connectivity index (χ1) is 14.0. The van der Waals surface area contributed by atoms with E-state index in [2.05, 4.69) is 24.1 Å². The molecule has 4 aromatic rings. The van der Waals surface area contributed by atoms with Crippen molar-refractivity contribution in [3.8, 4) is 22.8 Å². The Hall–Kier alpha value is -3.32. The number of furan rings is 1. The van der Waals surface area contributed by atoms with E-state index in [0.29, 0.717) is 46.6 Å². The number of fused-ring (bicyclic) bond motifs is 3. The normalized spacial score (nSPS) is 13.1. The van der Waals surface area contributed by atoms with Crippen molar-refractivity contribution in [1.82, 2.24) is 10.3 Å². The first kappa shape index (κ1) is 17.8. The van der Waals surface area contributed by atoms with Gasteiger partial charge in [-0.2, -0.15) is 0 Å². The van der Waals surface area contributed by atoms with E-state index in [4.69, 9.17) is 18.3 Å². The number of nitrogens with one attached hydrogen (secondary N) is 1. The van der Waals surface area contributed by atoms with Crippen LogP contribution in [-0.4, -0.2) is 17.8 Å². The topological polar surface area (TPSA) is 86.7 Å². The predicted octanol–water partition coefficient (Wildman–Crippen LogP) is 4.14. The zero-order valence-electron chi connectivity index (χ0n) is 16.4. The van der Waals surface area contributed by atoms with Crippen LogP contribution < -0.4 is 20.4 Å². The zero-order valence-corrected chi connectivity index (χ0v) is 16.4. The zero-order chi connectivity index (χ0) is 20.1. The Morgan fingerprint density at radius 3 is 2.66 bits per heavy atom. The summed E-state index contributed by atoms with van der Waals surface area (Å²) in [5, 5.41) is 5.11. The minimum absolute atomic E-state index is 0.146. The smallest absolute Gasteiger partial charge is 0.336 e. The highest BCUT2D eigenvalue weighted by Gasteiger charge is 2.20. The highest BCUT2D eigenvalue weighted by atomic mass is 16.7. The quantitative estimate of drug-likeness (QED) is 0.522. The molecule has 4 heterocycles. The molecule has 7 heteroatoms. The molecule has 5 rings (SSSR count). The summed E-state index contributed by atoms with van der Waals surface area (Å²) in [6.07, 6.45) is 1.86. The summed E-state index contributed by atoms with van der Waals surface area (Å²) in [6.45, 7) is 6.92. The van der Waals surface area contributed by atoms with Crippen LogP contribution in [0.15, 0.2) is 44.1 Å². The van der Waals surface area contributed by atoms with Crippen LogP contribution in [0, 0.1) is 6.92 Å². The van der Waals surface area contributed by atoms with E-state index in [-0.39, 0.29) is 6.79 Å². The molecule has 7 nitrogen and oxygen atoms in total. The average Bonchev–Trinajstić information content (AvgIpc) is 3.32. The Bertz CT molecular complexity index is 1300. The van der Waals surface area contributed by atoms with Gasteiger partial charge in [0.25, 0.3) is 0 Å². The number of hydrogen-bond donors (Lipinski definition) is 1. The third-order valence-electron chi connectivity index (χ3n) is 5.02. The van der Waals surface area contributed by atoms with Gasteiger partial charge in [0.05, 0.1) is 5.69 Å².